The number of hydrogen-bond acceptors (Lipinski definition) is 2. The number of halogens is 1. The van der Waals surface area contributed by atoms with E-state index in [4.69, 9.17) is 10.5 Å². The molecular formula is C16H24FNO. The molecule has 0 aliphatic heterocycles. The van der Waals surface area contributed by atoms with Gasteiger partial charge in [-0.1, -0.05) is 13.3 Å². The Balaban J connectivity index is 2.03. The molecule has 1 aromatic carbocycles. The summed E-state index contributed by atoms with van der Waals surface area (Å²) in [6, 6.07) is 5.07. The summed E-state index contributed by atoms with van der Waals surface area (Å²) in [6.07, 6.45) is 7.75. The predicted molar refractivity (Wildman–Crippen MR) is 75.9 cm³/mol. The van der Waals surface area contributed by atoms with Crippen LogP contribution >= 0.6 is 0 Å². The van der Waals surface area contributed by atoms with Crippen molar-refractivity contribution >= 4 is 0 Å². The van der Waals surface area contributed by atoms with Gasteiger partial charge < -0.3 is 10.5 Å². The molecule has 0 saturated heterocycles. The van der Waals surface area contributed by atoms with Gasteiger partial charge in [-0.15, -0.1) is 0 Å². The Morgan fingerprint density at radius 1 is 1.26 bits per heavy atom. The van der Waals surface area contributed by atoms with Gasteiger partial charge in [-0.2, -0.15) is 0 Å². The molecule has 1 atom stereocenters. The van der Waals surface area contributed by atoms with E-state index in [0.717, 1.165) is 24.8 Å². The van der Waals surface area contributed by atoms with Crippen molar-refractivity contribution in [3.05, 3.63) is 29.6 Å². The van der Waals surface area contributed by atoms with Crippen molar-refractivity contribution in [3.8, 4) is 5.75 Å². The van der Waals surface area contributed by atoms with Gasteiger partial charge in [0.05, 0.1) is 6.10 Å². The lowest BCUT2D eigenvalue weighted by Crippen LogP contribution is -2.22. The molecule has 106 valence electrons. The average molecular weight is 265 g/mol. The van der Waals surface area contributed by atoms with E-state index < -0.39 is 0 Å². The summed E-state index contributed by atoms with van der Waals surface area (Å²) in [5.41, 5.74) is 6.86. The van der Waals surface area contributed by atoms with Gasteiger partial charge in [0.25, 0.3) is 0 Å². The minimum Gasteiger partial charge on any atom is -0.490 e. The van der Waals surface area contributed by atoms with Crippen LogP contribution in [0.5, 0.6) is 5.75 Å². The maximum atomic E-state index is 13.6. The zero-order chi connectivity index (χ0) is 13.7. The Morgan fingerprint density at radius 3 is 2.68 bits per heavy atom. The first-order valence-corrected chi connectivity index (χ1v) is 7.39. The summed E-state index contributed by atoms with van der Waals surface area (Å²) in [6.45, 7) is 2.05. The van der Waals surface area contributed by atoms with Gasteiger partial charge in [0.15, 0.2) is 0 Å². The van der Waals surface area contributed by atoms with Crippen LogP contribution in [0.25, 0.3) is 0 Å². The van der Waals surface area contributed by atoms with E-state index >= 15 is 0 Å². The van der Waals surface area contributed by atoms with Crippen molar-refractivity contribution in [1.82, 2.24) is 0 Å². The fourth-order valence-electron chi connectivity index (χ4n) is 2.63. The van der Waals surface area contributed by atoms with Crippen molar-refractivity contribution in [3.63, 3.8) is 0 Å². The highest BCUT2D eigenvalue weighted by atomic mass is 19.1. The summed E-state index contributed by atoms with van der Waals surface area (Å²) in [4.78, 5) is 0. The molecule has 19 heavy (non-hydrogen) atoms. The summed E-state index contributed by atoms with van der Waals surface area (Å²) < 4.78 is 19.5. The van der Waals surface area contributed by atoms with Crippen LogP contribution in [-0.4, -0.2) is 12.1 Å². The Bertz CT molecular complexity index is 402. The first-order valence-electron chi connectivity index (χ1n) is 7.39. The second-order valence-electron chi connectivity index (χ2n) is 5.55. The highest BCUT2D eigenvalue weighted by molar-refractivity contribution is 5.30. The molecule has 0 spiro atoms. The van der Waals surface area contributed by atoms with Gasteiger partial charge >= 0.3 is 0 Å². The van der Waals surface area contributed by atoms with Gasteiger partial charge in [-0.25, -0.2) is 4.39 Å². The molecule has 2 rings (SSSR count). The lowest BCUT2D eigenvalue weighted by Gasteiger charge is -2.23. The molecule has 1 saturated carbocycles. The van der Waals surface area contributed by atoms with Crippen LogP contribution in [0.15, 0.2) is 18.2 Å². The molecule has 0 radical (unpaired) electrons. The lowest BCUT2D eigenvalue weighted by molar-refractivity contribution is 0.154. The topological polar surface area (TPSA) is 35.2 Å². The van der Waals surface area contributed by atoms with Crippen LogP contribution in [0, 0.1) is 5.82 Å². The van der Waals surface area contributed by atoms with Crippen LogP contribution < -0.4 is 10.5 Å². The van der Waals surface area contributed by atoms with E-state index in [-0.39, 0.29) is 18.0 Å². The number of ether oxygens (including phenoxy) is 1. The van der Waals surface area contributed by atoms with Crippen LogP contribution in [0.4, 0.5) is 4.39 Å². The smallest absolute Gasteiger partial charge is 0.127 e. The quantitative estimate of drug-likeness (QED) is 0.878. The second-order valence-corrected chi connectivity index (χ2v) is 5.55. The third-order valence-corrected chi connectivity index (χ3v) is 3.81. The first kappa shape index (κ1) is 14.3. The molecule has 2 nitrogen and oxygen atoms in total. The molecule has 1 unspecified atom stereocenters. The highest BCUT2D eigenvalue weighted by Crippen LogP contribution is 2.25. The number of nitrogens with two attached hydrogens (primary N) is 1. The van der Waals surface area contributed by atoms with E-state index in [1.54, 1.807) is 6.07 Å². The monoisotopic (exact) mass is 265 g/mol. The van der Waals surface area contributed by atoms with E-state index in [0.29, 0.717) is 12.2 Å². The van der Waals surface area contributed by atoms with Crippen molar-refractivity contribution in [2.45, 2.75) is 64.0 Å². The largest absolute Gasteiger partial charge is 0.490 e. The zero-order valence-corrected chi connectivity index (χ0v) is 11.7. The SMILES string of the molecule is CCC(N)Cc1cc(F)cc(OC2CCCCC2)c1. The minimum absolute atomic E-state index is 0.0873. The second kappa shape index (κ2) is 6.90. The molecule has 0 bridgehead atoms. The highest BCUT2D eigenvalue weighted by Gasteiger charge is 2.15. The Morgan fingerprint density at radius 2 is 2.00 bits per heavy atom. The maximum Gasteiger partial charge on any atom is 0.127 e. The Labute approximate surface area is 115 Å². The zero-order valence-electron chi connectivity index (χ0n) is 11.7. The molecular weight excluding hydrogens is 241 g/mol. The van der Waals surface area contributed by atoms with E-state index in [9.17, 15) is 4.39 Å². The minimum atomic E-state index is -0.230. The number of hydrogen-bond donors (Lipinski definition) is 1. The molecule has 3 heteroatoms. The van der Waals surface area contributed by atoms with Gasteiger partial charge in [-0.3, -0.25) is 0 Å². The normalized spacial score (nSPS) is 18.3. The van der Waals surface area contributed by atoms with Gasteiger partial charge in [0.2, 0.25) is 0 Å². The van der Waals surface area contributed by atoms with Crippen molar-refractivity contribution in [1.29, 1.82) is 0 Å². The van der Waals surface area contributed by atoms with Crippen LogP contribution in [0.1, 0.15) is 51.0 Å². The van der Waals surface area contributed by atoms with Crippen LogP contribution in [0.2, 0.25) is 0 Å². The molecule has 1 aliphatic carbocycles. The molecule has 2 N–H and O–H groups in total. The lowest BCUT2D eigenvalue weighted by atomic mass is 9.97. The van der Waals surface area contributed by atoms with Crippen LogP contribution in [-0.2, 0) is 6.42 Å². The maximum absolute atomic E-state index is 13.6. The third-order valence-electron chi connectivity index (χ3n) is 3.81. The molecule has 0 aromatic heterocycles. The fourth-order valence-corrected chi connectivity index (χ4v) is 2.63. The van der Waals surface area contributed by atoms with Crippen molar-refractivity contribution in [2.24, 2.45) is 5.73 Å². The molecule has 1 fully saturated rings. The average Bonchev–Trinajstić information content (AvgIpc) is 2.39. The van der Waals surface area contributed by atoms with Gasteiger partial charge in [-0.05, 0) is 56.2 Å². The summed E-state index contributed by atoms with van der Waals surface area (Å²) in [5, 5.41) is 0. The Hall–Kier alpha value is -1.09. The van der Waals surface area contributed by atoms with Gasteiger partial charge in [0, 0.05) is 12.1 Å². The molecule has 0 amide bonds. The van der Waals surface area contributed by atoms with Gasteiger partial charge in [0.1, 0.15) is 11.6 Å². The molecule has 0 heterocycles. The third kappa shape index (κ3) is 4.50. The summed E-state index contributed by atoms with van der Waals surface area (Å²) in [7, 11) is 0. The first-order chi connectivity index (χ1) is 9.17. The summed E-state index contributed by atoms with van der Waals surface area (Å²) >= 11 is 0. The summed E-state index contributed by atoms with van der Waals surface area (Å²) in [5.74, 6) is 0.428. The standard InChI is InChI=1S/C16H24FNO/c1-2-14(18)9-12-8-13(17)11-16(10-12)19-15-6-4-3-5-7-15/h8,10-11,14-15H,2-7,9,18H2,1H3. The fraction of sp³-hybridized carbons (Fsp3) is 0.625. The predicted octanol–water partition coefficient (Wildman–Crippen LogP) is 3.82. The number of benzene rings is 1. The van der Waals surface area contributed by atoms with E-state index in [2.05, 4.69) is 0 Å². The van der Waals surface area contributed by atoms with Crippen molar-refractivity contribution in [2.75, 3.05) is 0 Å². The molecule has 1 aliphatic rings. The van der Waals surface area contributed by atoms with Crippen molar-refractivity contribution < 1.29 is 9.13 Å². The number of rotatable bonds is 5. The van der Waals surface area contributed by atoms with Crippen LogP contribution in [0.3, 0.4) is 0 Å². The molecule has 1 aromatic rings. The Kier molecular flexibility index (Phi) is 5.20. The van der Waals surface area contributed by atoms with E-state index in [1.807, 2.05) is 13.0 Å². The van der Waals surface area contributed by atoms with E-state index in [1.165, 1.54) is 25.3 Å².